The van der Waals surface area contributed by atoms with Gasteiger partial charge in [-0.15, -0.1) is 0 Å². The maximum absolute atomic E-state index is 12.1. The van der Waals surface area contributed by atoms with Gasteiger partial charge in [-0.3, -0.25) is 24.3 Å². The molecule has 0 fully saturated rings. The topological polar surface area (TPSA) is 103 Å². The Hall–Kier alpha value is -3.16. The van der Waals surface area contributed by atoms with Crippen LogP contribution in [0.5, 0.6) is 5.75 Å². The van der Waals surface area contributed by atoms with Gasteiger partial charge in [0.2, 0.25) is 5.91 Å². The molecule has 0 unspecified atom stereocenters. The lowest BCUT2D eigenvalue weighted by Gasteiger charge is -2.11. The number of aromatic nitrogens is 1. The van der Waals surface area contributed by atoms with Gasteiger partial charge in [0.15, 0.2) is 0 Å². The minimum Gasteiger partial charge on any atom is -0.495 e. The van der Waals surface area contributed by atoms with E-state index < -0.39 is 16.4 Å². The Morgan fingerprint density at radius 1 is 1.39 bits per heavy atom. The van der Waals surface area contributed by atoms with Crippen LogP contribution in [0.15, 0.2) is 41.3 Å². The van der Waals surface area contributed by atoms with Crippen molar-refractivity contribution in [2.45, 2.75) is 13.5 Å². The van der Waals surface area contributed by atoms with Crippen molar-refractivity contribution in [3.05, 3.63) is 62.6 Å². The number of carbonyl (C=O) groups excluding carboxylic acids is 1. The normalized spacial score (nSPS) is 10.2. The van der Waals surface area contributed by atoms with Crippen molar-refractivity contribution in [2.24, 2.45) is 0 Å². The van der Waals surface area contributed by atoms with E-state index in [1.54, 1.807) is 24.3 Å². The predicted octanol–water partition coefficient (Wildman–Crippen LogP) is 1.71. The zero-order valence-corrected chi connectivity index (χ0v) is 12.6. The fourth-order valence-electron chi connectivity index (χ4n) is 2.06. The number of pyridine rings is 1. The molecular weight excluding hydrogens is 302 g/mol. The minimum absolute atomic E-state index is 0.213. The first-order valence-corrected chi connectivity index (χ1v) is 6.70. The highest BCUT2D eigenvalue weighted by Crippen LogP contribution is 2.23. The summed E-state index contributed by atoms with van der Waals surface area (Å²) in [7, 11) is 1.47. The molecule has 0 aliphatic carbocycles. The third-order valence-electron chi connectivity index (χ3n) is 3.20. The summed E-state index contributed by atoms with van der Waals surface area (Å²) in [4.78, 5) is 34.3. The van der Waals surface area contributed by atoms with E-state index >= 15 is 0 Å². The first kappa shape index (κ1) is 16.2. The molecule has 0 spiro atoms. The number of nitrogens with one attached hydrogen (secondary N) is 1. The zero-order valence-electron chi connectivity index (χ0n) is 12.6. The number of ether oxygens (including phenoxy) is 1. The number of hydrogen-bond acceptors (Lipinski definition) is 5. The monoisotopic (exact) mass is 317 g/mol. The molecule has 0 radical (unpaired) electrons. The zero-order chi connectivity index (χ0) is 17.0. The van der Waals surface area contributed by atoms with Crippen LogP contribution in [0, 0.1) is 17.0 Å². The largest absolute Gasteiger partial charge is 0.495 e. The van der Waals surface area contributed by atoms with Gasteiger partial charge in [-0.1, -0.05) is 12.1 Å². The SMILES string of the molecule is COc1ccccc1NC(=O)Cn1cc([N+](=O)[O-])c(C)cc1=O. The summed E-state index contributed by atoms with van der Waals surface area (Å²) in [5.74, 6) is -0.0159. The molecule has 1 aromatic heterocycles. The molecule has 120 valence electrons. The summed E-state index contributed by atoms with van der Waals surface area (Å²) in [6.07, 6.45) is 1.07. The third-order valence-corrected chi connectivity index (χ3v) is 3.20. The summed E-state index contributed by atoms with van der Waals surface area (Å²) < 4.78 is 6.11. The van der Waals surface area contributed by atoms with Gasteiger partial charge in [0.25, 0.3) is 11.2 Å². The second-order valence-corrected chi connectivity index (χ2v) is 4.81. The van der Waals surface area contributed by atoms with Crippen molar-refractivity contribution in [1.29, 1.82) is 0 Å². The molecule has 8 heteroatoms. The Labute approximate surface area is 131 Å². The smallest absolute Gasteiger partial charge is 0.288 e. The van der Waals surface area contributed by atoms with Crippen LogP contribution in [0.2, 0.25) is 0 Å². The van der Waals surface area contributed by atoms with Gasteiger partial charge in [-0.05, 0) is 19.1 Å². The highest BCUT2D eigenvalue weighted by molar-refractivity contribution is 5.92. The van der Waals surface area contributed by atoms with Gasteiger partial charge in [0.1, 0.15) is 12.3 Å². The molecule has 0 saturated heterocycles. The number of rotatable bonds is 5. The first-order valence-electron chi connectivity index (χ1n) is 6.70. The summed E-state index contributed by atoms with van der Waals surface area (Å²) in [6, 6.07) is 7.94. The molecule has 0 aliphatic rings. The summed E-state index contributed by atoms with van der Waals surface area (Å²) in [5, 5.41) is 13.5. The Kier molecular flexibility index (Phi) is 4.75. The predicted molar refractivity (Wildman–Crippen MR) is 83.7 cm³/mol. The van der Waals surface area contributed by atoms with Crippen molar-refractivity contribution in [2.75, 3.05) is 12.4 Å². The molecule has 1 amide bonds. The van der Waals surface area contributed by atoms with E-state index in [1.165, 1.54) is 14.0 Å². The molecule has 2 rings (SSSR count). The fraction of sp³-hybridized carbons (Fsp3) is 0.200. The van der Waals surface area contributed by atoms with Crippen LogP contribution in [-0.4, -0.2) is 22.5 Å². The van der Waals surface area contributed by atoms with Crippen molar-refractivity contribution in [3.63, 3.8) is 0 Å². The molecule has 0 saturated carbocycles. The Balaban J connectivity index is 2.22. The highest BCUT2D eigenvalue weighted by Gasteiger charge is 2.15. The Bertz CT molecular complexity index is 813. The van der Waals surface area contributed by atoms with Crippen LogP contribution in [0.1, 0.15) is 5.56 Å². The quantitative estimate of drug-likeness (QED) is 0.668. The summed E-state index contributed by atoms with van der Waals surface area (Å²) >= 11 is 0. The van der Waals surface area contributed by atoms with E-state index in [2.05, 4.69) is 5.32 Å². The van der Waals surface area contributed by atoms with Crippen molar-refractivity contribution in [1.82, 2.24) is 4.57 Å². The lowest BCUT2D eigenvalue weighted by molar-refractivity contribution is -0.385. The molecule has 8 nitrogen and oxygen atoms in total. The third kappa shape index (κ3) is 3.73. The number of nitrogens with zero attached hydrogens (tertiary/aromatic N) is 2. The van der Waals surface area contributed by atoms with Crippen LogP contribution in [0.25, 0.3) is 0 Å². The molecular formula is C15H15N3O5. The van der Waals surface area contributed by atoms with Crippen LogP contribution < -0.4 is 15.6 Å². The van der Waals surface area contributed by atoms with Gasteiger partial charge >= 0.3 is 0 Å². The maximum Gasteiger partial charge on any atom is 0.288 e. The van der Waals surface area contributed by atoms with Gasteiger partial charge in [-0.25, -0.2) is 0 Å². The number of aryl methyl sites for hydroxylation is 1. The van der Waals surface area contributed by atoms with Crippen LogP contribution in [-0.2, 0) is 11.3 Å². The summed E-state index contributed by atoms with van der Waals surface area (Å²) in [5.41, 5.74) is 0.00835. The average molecular weight is 317 g/mol. The number of amides is 1. The van der Waals surface area contributed by atoms with Crippen molar-refractivity contribution in [3.8, 4) is 5.75 Å². The van der Waals surface area contributed by atoms with Gasteiger partial charge in [0.05, 0.1) is 23.9 Å². The van der Waals surface area contributed by atoms with E-state index in [4.69, 9.17) is 4.74 Å². The molecule has 0 aliphatic heterocycles. The lowest BCUT2D eigenvalue weighted by atomic mass is 10.2. The second-order valence-electron chi connectivity index (χ2n) is 4.81. The number of hydrogen-bond donors (Lipinski definition) is 1. The van der Waals surface area contributed by atoms with Gasteiger partial charge in [-0.2, -0.15) is 0 Å². The highest BCUT2D eigenvalue weighted by atomic mass is 16.6. The van der Waals surface area contributed by atoms with E-state index in [1.807, 2.05) is 0 Å². The number of benzene rings is 1. The second kappa shape index (κ2) is 6.73. The molecule has 23 heavy (non-hydrogen) atoms. The molecule has 2 aromatic rings. The molecule has 1 aromatic carbocycles. The Morgan fingerprint density at radius 3 is 2.74 bits per heavy atom. The van der Waals surface area contributed by atoms with Crippen LogP contribution in [0.4, 0.5) is 11.4 Å². The van der Waals surface area contributed by atoms with E-state index in [9.17, 15) is 19.7 Å². The van der Waals surface area contributed by atoms with Crippen molar-refractivity contribution >= 4 is 17.3 Å². The van der Waals surface area contributed by atoms with E-state index in [0.717, 1.165) is 16.8 Å². The van der Waals surface area contributed by atoms with Gasteiger partial charge < -0.3 is 10.1 Å². The number of carbonyl (C=O) groups is 1. The molecule has 0 bridgehead atoms. The summed E-state index contributed by atoms with van der Waals surface area (Å²) in [6.45, 7) is 1.14. The lowest BCUT2D eigenvalue weighted by Crippen LogP contribution is -2.27. The van der Waals surface area contributed by atoms with E-state index in [-0.39, 0.29) is 17.8 Å². The molecule has 1 N–H and O–H groups in total. The standard InChI is InChI=1S/C15H15N3O5/c1-10-7-15(20)17(8-12(10)18(21)22)9-14(19)16-11-5-3-4-6-13(11)23-2/h3-8H,9H2,1-2H3,(H,16,19). The number of nitro groups is 1. The van der Waals surface area contributed by atoms with Gasteiger partial charge in [0, 0.05) is 11.6 Å². The van der Waals surface area contributed by atoms with E-state index in [0.29, 0.717) is 11.4 Å². The molecule has 1 heterocycles. The fourth-order valence-corrected chi connectivity index (χ4v) is 2.06. The minimum atomic E-state index is -0.594. The van der Waals surface area contributed by atoms with Crippen molar-refractivity contribution < 1.29 is 14.5 Å². The molecule has 0 atom stereocenters. The number of para-hydroxylation sites is 2. The number of methoxy groups -OCH3 is 1. The average Bonchev–Trinajstić information content (AvgIpc) is 2.50. The van der Waals surface area contributed by atoms with Crippen LogP contribution >= 0.6 is 0 Å². The first-order chi connectivity index (χ1) is 10.9. The number of anilines is 1. The van der Waals surface area contributed by atoms with Crippen LogP contribution in [0.3, 0.4) is 0 Å². The Morgan fingerprint density at radius 2 is 2.09 bits per heavy atom. The maximum atomic E-state index is 12.1.